The molecule has 0 fully saturated rings. The standard InChI is InChI=1S/C97H160O16P2/c1-4-7-10-13-16-19-22-25-28-31-34-36-38-40-42-44-45-47-49-50-52-54-57-59-62-65-68-71-74-77-80-83-95(100)107-86-92(98)87-109-114(103,104)110-88-93(99)89-111-115(105,106)112-91-94(113-97(102)85-82-79-76-73-70-67-64-61-56-33-30-27-24-21-18-15-12-9-6-3)90-108-96(101)84-81-78-75-72-69-66-63-60-58-55-53-51-48-46-43-41-39-37-35-32-29-26-23-20-17-14-11-8-5-2/h7-12,16-21,25-30,34-37,40-43,56,61,67,70,76,79,92-94,98-99H,4-6,13-15,22-24,31-33,38-39,44-55,57-60,62-66,68-69,71-75,77-78,80-91H2,1-3H3,(H,103,104)(H,105,106)/b10-7-,11-8-,12-9-,19-16-,20-17-,21-18-,28-25-,29-26-,30-27-,36-34-,37-35-,42-40-,43-41-,61-56-,70-67-,79-76-. The van der Waals surface area contributed by atoms with Gasteiger partial charge in [0.25, 0.3) is 0 Å². The molecule has 0 aliphatic heterocycles. The van der Waals surface area contributed by atoms with E-state index in [1.807, 2.05) is 18.2 Å². The fraction of sp³-hybridized carbons (Fsp3) is 0.639. The first-order valence-corrected chi connectivity index (χ1v) is 47.7. The molecule has 0 aliphatic carbocycles. The predicted molar refractivity (Wildman–Crippen MR) is 481 cm³/mol. The van der Waals surface area contributed by atoms with Gasteiger partial charge in [-0.1, -0.05) is 369 Å². The van der Waals surface area contributed by atoms with E-state index in [4.69, 9.17) is 32.3 Å². The molecule has 0 saturated heterocycles. The number of unbranched alkanes of at least 4 members (excludes halogenated alkanes) is 28. The topological polar surface area (TPSA) is 231 Å². The molecular formula is C97H160O16P2. The van der Waals surface area contributed by atoms with Gasteiger partial charge < -0.3 is 34.2 Å². The largest absolute Gasteiger partial charge is 0.472 e. The van der Waals surface area contributed by atoms with Crippen molar-refractivity contribution in [2.75, 3.05) is 39.6 Å². The Morgan fingerprint density at radius 3 is 0.722 bits per heavy atom. The molecule has 0 aromatic carbocycles. The number of phosphoric ester groups is 2. The summed E-state index contributed by atoms with van der Waals surface area (Å²) in [6.07, 6.45) is 116. The number of carbonyl (C=O) groups is 3. The van der Waals surface area contributed by atoms with Gasteiger partial charge in [0.2, 0.25) is 0 Å². The normalized spacial score (nSPS) is 14.7. The molecule has 0 aromatic heterocycles. The van der Waals surface area contributed by atoms with Crippen LogP contribution in [0.2, 0.25) is 0 Å². The highest BCUT2D eigenvalue weighted by molar-refractivity contribution is 7.47. The molecule has 0 aromatic rings. The van der Waals surface area contributed by atoms with Gasteiger partial charge >= 0.3 is 33.6 Å². The molecule has 5 atom stereocenters. The first kappa shape index (κ1) is 109. The summed E-state index contributed by atoms with van der Waals surface area (Å²) < 4.78 is 61.3. The van der Waals surface area contributed by atoms with Gasteiger partial charge in [0.05, 0.1) is 26.4 Å². The van der Waals surface area contributed by atoms with Crippen LogP contribution in [-0.4, -0.2) is 95.9 Å². The van der Waals surface area contributed by atoms with Gasteiger partial charge in [-0.15, -0.1) is 0 Å². The van der Waals surface area contributed by atoms with E-state index in [0.29, 0.717) is 25.7 Å². The number of ether oxygens (including phenoxy) is 3. The number of phosphoric acid groups is 2. The lowest BCUT2D eigenvalue weighted by atomic mass is 10.0. The minimum Gasteiger partial charge on any atom is -0.463 e. The van der Waals surface area contributed by atoms with E-state index in [1.165, 1.54) is 128 Å². The zero-order valence-corrected chi connectivity index (χ0v) is 73.7. The van der Waals surface area contributed by atoms with Gasteiger partial charge in [0.15, 0.2) is 6.10 Å². The number of hydrogen-bond acceptors (Lipinski definition) is 14. The second-order valence-corrected chi connectivity index (χ2v) is 32.2. The summed E-state index contributed by atoms with van der Waals surface area (Å²) in [6, 6.07) is 0. The van der Waals surface area contributed by atoms with Crippen molar-refractivity contribution in [3.63, 3.8) is 0 Å². The number of aliphatic hydroxyl groups excluding tert-OH is 2. The lowest BCUT2D eigenvalue weighted by Crippen LogP contribution is -2.29. The van der Waals surface area contributed by atoms with Crippen molar-refractivity contribution in [3.8, 4) is 0 Å². The second-order valence-electron chi connectivity index (χ2n) is 29.3. The van der Waals surface area contributed by atoms with Crippen molar-refractivity contribution in [3.05, 3.63) is 194 Å². The molecule has 0 amide bonds. The van der Waals surface area contributed by atoms with E-state index in [-0.39, 0.29) is 19.3 Å². The summed E-state index contributed by atoms with van der Waals surface area (Å²) in [6.45, 7) is 2.27. The van der Waals surface area contributed by atoms with Crippen LogP contribution in [0.25, 0.3) is 0 Å². The van der Waals surface area contributed by atoms with Crippen molar-refractivity contribution < 1.29 is 75.8 Å². The quantitative estimate of drug-likeness (QED) is 0.0146. The van der Waals surface area contributed by atoms with E-state index >= 15 is 0 Å². The van der Waals surface area contributed by atoms with Crippen LogP contribution in [0.4, 0.5) is 0 Å². The molecule has 0 heterocycles. The molecule has 115 heavy (non-hydrogen) atoms. The van der Waals surface area contributed by atoms with Crippen LogP contribution in [-0.2, 0) is 55.8 Å². The van der Waals surface area contributed by atoms with Crippen LogP contribution in [0.1, 0.15) is 342 Å². The predicted octanol–water partition coefficient (Wildman–Crippen LogP) is 27.4. The maximum absolute atomic E-state index is 13.0. The van der Waals surface area contributed by atoms with Crippen molar-refractivity contribution in [1.82, 2.24) is 0 Å². The highest BCUT2D eigenvalue weighted by atomic mass is 31.2. The van der Waals surface area contributed by atoms with Crippen LogP contribution in [0.3, 0.4) is 0 Å². The lowest BCUT2D eigenvalue weighted by molar-refractivity contribution is -0.161. The number of rotatable bonds is 83. The summed E-state index contributed by atoms with van der Waals surface area (Å²) in [5, 5.41) is 20.7. The number of esters is 3. The summed E-state index contributed by atoms with van der Waals surface area (Å²) in [7, 11) is -9.84. The highest BCUT2D eigenvalue weighted by Crippen LogP contribution is 2.45. The summed E-state index contributed by atoms with van der Waals surface area (Å²) >= 11 is 0. The fourth-order valence-corrected chi connectivity index (χ4v) is 13.2. The first-order valence-electron chi connectivity index (χ1n) is 44.7. The molecule has 0 spiro atoms. The molecule has 4 N–H and O–H groups in total. The molecule has 16 nitrogen and oxygen atoms in total. The van der Waals surface area contributed by atoms with Crippen molar-refractivity contribution in [2.24, 2.45) is 0 Å². The van der Waals surface area contributed by atoms with Crippen molar-refractivity contribution in [2.45, 2.75) is 360 Å². The number of aliphatic hydroxyl groups is 2. The van der Waals surface area contributed by atoms with Crippen LogP contribution >= 0.6 is 15.6 Å². The van der Waals surface area contributed by atoms with E-state index in [9.17, 15) is 43.5 Å². The average molecular weight is 1640 g/mol. The molecule has 5 unspecified atom stereocenters. The minimum absolute atomic E-state index is 0.0263. The Balaban J connectivity index is 4.61. The minimum atomic E-state index is -4.96. The maximum atomic E-state index is 13.0. The van der Waals surface area contributed by atoms with E-state index < -0.39 is 91.5 Å². The number of allylic oxidation sites excluding steroid dienone is 32. The molecule has 18 heteroatoms. The van der Waals surface area contributed by atoms with Crippen LogP contribution < -0.4 is 0 Å². The second kappa shape index (κ2) is 87.7. The lowest BCUT2D eigenvalue weighted by Gasteiger charge is -2.21. The molecular weight excluding hydrogens is 1480 g/mol. The van der Waals surface area contributed by atoms with E-state index in [2.05, 4.69) is 197 Å². The van der Waals surface area contributed by atoms with Crippen LogP contribution in [0, 0.1) is 0 Å². The number of carbonyl (C=O) groups excluding carboxylic acids is 3. The zero-order chi connectivity index (χ0) is 83.6. The fourth-order valence-electron chi connectivity index (χ4n) is 11.7. The Hall–Kier alpha value is -5.61. The maximum Gasteiger partial charge on any atom is 0.472 e. The third-order valence-corrected chi connectivity index (χ3v) is 20.2. The van der Waals surface area contributed by atoms with Gasteiger partial charge in [0.1, 0.15) is 25.4 Å². The highest BCUT2D eigenvalue weighted by Gasteiger charge is 2.29. The van der Waals surface area contributed by atoms with E-state index in [0.717, 1.165) is 148 Å². The molecule has 0 bridgehead atoms. The Kier molecular flexibility index (Phi) is 83.4. The Morgan fingerprint density at radius 2 is 0.452 bits per heavy atom. The SMILES string of the molecule is CC/C=C\C/C=C\C/C=C\C/C=C\C/C=C\C/C=C\CCC(=O)OC(COC(=O)CCCCCCCCCCCCCCC/C=C\C/C=C\C/C=C\C/C=C\C/C=C\CC)COP(=O)(O)OCC(O)COP(=O)(O)OCC(O)COC(=O)CCCCCCCCCCCCCCCCC/C=C\C/C=C\C/C=C\C/C=C\C/C=C\CC. The monoisotopic (exact) mass is 1640 g/mol. The van der Waals surface area contributed by atoms with Crippen molar-refractivity contribution in [1.29, 1.82) is 0 Å². The molecule has 0 aliphatic rings. The molecule has 0 rings (SSSR count). The van der Waals surface area contributed by atoms with Crippen LogP contribution in [0.5, 0.6) is 0 Å². The summed E-state index contributed by atoms with van der Waals surface area (Å²) in [4.78, 5) is 58.9. The first-order chi connectivity index (χ1) is 56.2. The van der Waals surface area contributed by atoms with Crippen LogP contribution in [0.15, 0.2) is 194 Å². The van der Waals surface area contributed by atoms with Gasteiger partial charge in [0, 0.05) is 19.3 Å². The molecule has 0 radical (unpaired) electrons. The van der Waals surface area contributed by atoms with E-state index in [1.54, 1.807) is 0 Å². The summed E-state index contributed by atoms with van der Waals surface area (Å²) in [5.74, 6) is -1.68. The Labute approximate surface area is 699 Å². The Bertz CT molecular complexity index is 2870. The molecule has 654 valence electrons. The average Bonchev–Trinajstić information content (AvgIpc) is 0.890. The van der Waals surface area contributed by atoms with Gasteiger partial charge in [-0.3, -0.25) is 32.5 Å². The van der Waals surface area contributed by atoms with Gasteiger partial charge in [-0.25, -0.2) is 9.13 Å². The van der Waals surface area contributed by atoms with Gasteiger partial charge in [-0.05, 0) is 148 Å². The van der Waals surface area contributed by atoms with Gasteiger partial charge in [-0.2, -0.15) is 0 Å². The Morgan fingerprint density at radius 1 is 0.243 bits per heavy atom. The third-order valence-electron chi connectivity index (χ3n) is 18.3. The summed E-state index contributed by atoms with van der Waals surface area (Å²) in [5.41, 5.74) is 0. The smallest absolute Gasteiger partial charge is 0.463 e. The third kappa shape index (κ3) is 89.0. The zero-order valence-electron chi connectivity index (χ0n) is 71.9. The molecule has 0 saturated carbocycles. The van der Waals surface area contributed by atoms with Crippen molar-refractivity contribution >= 4 is 33.6 Å². The number of hydrogen-bond donors (Lipinski definition) is 4.